The second-order valence-electron chi connectivity index (χ2n) is 9.04. The van der Waals surface area contributed by atoms with Gasteiger partial charge in [-0.3, -0.25) is 4.55 Å². The molecule has 188 valence electrons. The third-order valence-electron chi connectivity index (χ3n) is 6.23. The average Bonchev–Trinajstić information content (AvgIpc) is 3.00. The molecule has 1 aliphatic carbocycles. The lowest BCUT2D eigenvalue weighted by Crippen LogP contribution is -2.16. The maximum absolute atomic E-state index is 12.1. The molecule has 1 unspecified atom stereocenters. The third kappa shape index (κ3) is 7.75. The minimum absolute atomic E-state index is 0.0269. The summed E-state index contributed by atoms with van der Waals surface area (Å²) in [5.74, 6) is -0.230. The van der Waals surface area contributed by atoms with Crippen LogP contribution in [-0.4, -0.2) is 50.2 Å². The summed E-state index contributed by atoms with van der Waals surface area (Å²) in [7, 11) is -7.27. The number of hydrogen-bond donors (Lipinski definition) is 1. The van der Waals surface area contributed by atoms with Crippen molar-refractivity contribution in [2.24, 2.45) is 0 Å². The van der Waals surface area contributed by atoms with Gasteiger partial charge in [-0.25, -0.2) is 8.42 Å². The Bertz CT molecular complexity index is 1210. The zero-order valence-corrected chi connectivity index (χ0v) is 22.4. The van der Waals surface area contributed by atoms with E-state index >= 15 is 0 Å². The molecule has 1 aromatic carbocycles. The summed E-state index contributed by atoms with van der Waals surface area (Å²) in [5.41, 5.74) is 5.79. The number of fused-ring (bicyclic) bond motifs is 1. The summed E-state index contributed by atoms with van der Waals surface area (Å²) in [6, 6.07) is 5.23. The number of benzene rings is 1. The van der Waals surface area contributed by atoms with Crippen LogP contribution in [0.2, 0.25) is 0 Å². The van der Waals surface area contributed by atoms with Crippen LogP contribution in [0.5, 0.6) is 0 Å². The summed E-state index contributed by atoms with van der Waals surface area (Å²) in [6.07, 6.45) is 12.9. The van der Waals surface area contributed by atoms with E-state index in [1.165, 1.54) is 30.2 Å². The lowest BCUT2D eigenvalue weighted by molar-refractivity contribution is -0.437. The minimum Gasteiger partial charge on any atom is -0.286 e. The molecule has 1 heterocycles. The molecular weight excluding hydrogens is 470 g/mol. The van der Waals surface area contributed by atoms with Gasteiger partial charge in [-0.2, -0.15) is 13.0 Å². The van der Waals surface area contributed by atoms with Crippen molar-refractivity contribution in [3.8, 4) is 0 Å². The number of hydrogen-bond acceptors (Lipinski definition) is 4. The van der Waals surface area contributed by atoms with Crippen LogP contribution in [0, 0.1) is 0 Å². The Labute approximate surface area is 205 Å². The first-order valence-corrected chi connectivity index (χ1v) is 15.3. The van der Waals surface area contributed by atoms with E-state index in [-0.39, 0.29) is 11.7 Å². The largest absolute Gasteiger partial charge is 0.286 e. The van der Waals surface area contributed by atoms with Crippen LogP contribution >= 0.6 is 0 Å². The van der Waals surface area contributed by atoms with Crippen LogP contribution in [0.3, 0.4) is 0 Å². The van der Waals surface area contributed by atoms with Gasteiger partial charge < -0.3 is 0 Å². The van der Waals surface area contributed by atoms with Crippen LogP contribution < -0.4 is 0 Å². The van der Waals surface area contributed by atoms with Gasteiger partial charge in [-0.15, -0.1) is 6.58 Å². The molecule has 0 saturated carbocycles. The van der Waals surface area contributed by atoms with E-state index < -0.39 is 20.0 Å². The van der Waals surface area contributed by atoms with Gasteiger partial charge in [0.2, 0.25) is 5.69 Å². The van der Waals surface area contributed by atoms with Crippen molar-refractivity contribution < 1.29 is 26.0 Å². The zero-order valence-electron chi connectivity index (χ0n) is 20.7. The normalized spacial score (nSPS) is 18.7. The Morgan fingerprint density at radius 3 is 2.35 bits per heavy atom. The second kappa shape index (κ2) is 12.1. The first-order chi connectivity index (χ1) is 15.9. The Morgan fingerprint density at radius 1 is 1.12 bits per heavy atom. The van der Waals surface area contributed by atoms with E-state index in [1.807, 2.05) is 13.0 Å². The molecule has 0 amide bonds. The van der Waals surface area contributed by atoms with Crippen molar-refractivity contribution in [2.45, 2.75) is 70.1 Å². The van der Waals surface area contributed by atoms with Crippen molar-refractivity contribution in [1.82, 2.24) is 0 Å². The molecule has 0 saturated heterocycles. The van der Waals surface area contributed by atoms with E-state index in [1.54, 1.807) is 18.2 Å². The fourth-order valence-corrected chi connectivity index (χ4v) is 5.64. The quantitative estimate of drug-likeness (QED) is 0.214. The summed E-state index contributed by atoms with van der Waals surface area (Å²) in [5, 5.41) is 0. The molecule has 1 atom stereocenters. The van der Waals surface area contributed by atoms with Crippen molar-refractivity contribution in [1.29, 1.82) is 0 Å². The topological polar surface area (TPSA) is 91.5 Å². The number of unbranched alkanes of at least 4 members (excludes halogenated alkanes) is 1. The SMILES string of the molecule is C=CC.CC1=C(/C=C/C2=[N+](CCCCS(=O)(=O)O)c3ccc(S(C)(=O)=O)cc3C2C)CCCC1. The summed E-state index contributed by atoms with van der Waals surface area (Å²) >= 11 is 0. The van der Waals surface area contributed by atoms with Crippen LogP contribution in [0.4, 0.5) is 5.69 Å². The number of sulfone groups is 1. The Morgan fingerprint density at radius 2 is 1.76 bits per heavy atom. The van der Waals surface area contributed by atoms with E-state index in [2.05, 4.69) is 37.2 Å². The van der Waals surface area contributed by atoms with Gasteiger partial charge in [0.25, 0.3) is 10.1 Å². The molecular formula is C26H38NO5S2+. The lowest BCUT2D eigenvalue weighted by Gasteiger charge is -2.14. The highest BCUT2D eigenvalue weighted by molar-refractivity contribution is 7.90. The summed E-state index contributed by atoms with van der Waals surface area (Å²) < 4.78 is 57.4. The standard InChI is InChI=1S/C23H31NO5S2.C3H6/c1-17-8-4-5-9-19(17)10-12-22-18(2)21-16-20(30(3,25)26)11-13-23(21)24(22)14-6-7-15-31(27,28)29;1-3-2/h10-13,16,18H,4-9,14-15H2,1-3H3;3H,1H2,2H3/p+1/b12-10+;. The van der Waals surface area contributed by atoms with E-state index in [4.69, 9.17) is 4.55 Å². The van der Waals surface area contributed by atoms with Crippen LogP contribution in [0.25, 0.3) is 0 Å². The first kappa shape index (κ1) is 28.2. The predicted molar refractivity (Wildman–Crippen MR) is 140 cm³/mol. The number of nitrogens with zero attached hydrogens (tertiary/aromatic N) is 1. The monoisotopic (exact) mass is 508 g/mol. The molecule has 0 aromatic heterocycles. The Balaban J connectivity index is 0.00000129. The van der Waals surface area contributed by atoms with E-state index in [9.17, 15) is 16.8 Å². The van der Waals surface area contributed by atoms with Gasteiger partial charge in [-0.1, -0.05) is 17.7 Å². The van der Waals surface area contributed by atoms with Crippen LogP contribution in [-0.2, 0) is 20.0 Å². The molecule has 34 heavy (non-hydrogen) atoms. The molecule has 1 N–H and O–H groups in total. The van der Waals surface area contributed by atoms with Gasteiger partial charge in [0, 0.05) is 30.4 Å². The van der Waals surface area contributed by atoms with Crippen LogP contribution in [0.15, 0.2) is 59.0 Å². The van der Waals surface area contributed by atoms with Crippen molar-refractivity contribution in [3.63, 3.8) is 0 Å². The van der Waals surface area contributed by atoms with Gasteiger partial charge in [-0.05, 0) is 70.6 Å². The molecule has 3 rings (SSSR count). The fourth-order valence-electron chi connectivity index (χ4n) is 4.42. The molecule has 0 fully saturated rings. The molecule has 8 heteroatoms. The highest BCUT2D eigenvalue weighted by atomic mass is 32.2. The average molecular weight is 509 g/mol. The molecule has 0 spiro atoms. The molecule has 6 nitrogen and oxygen atoms in total. The van der Waals surface area contributed by atoms with Gasteiger partial charge in [0.1, 0.15) is 6.54 Å². The second-order valence-corrected chi connectivity index (χ2v) is 12.6. The van der Waals surface area contributed by atoms with Crippen molar-refractivity contribution in [3.05, 3.63) is 59.7 Å². The van der Waals surface area contributed by atoms with Gasteiger partial charge in [0.15, 0.2) is 15.5 Å². The summed E-state index contributed by atoms with van der Waals surface area (Å²) in [4.78, 5) is 0.306. The smallest absolute Gasteiger partial charge is 0.264 e. The maximum Gasteiger partial charge on any atom is 0.264 e. The number of allylic oxidation sites excluding steroid dienone is 5. The van der Waals surface area contributed by atoms with Crippen molar-refractivity contribution >= 4 is 31.4 Å². The highest BCUT2D eigenvalue weighted by Crippen LogP contribution is 2.37. The van der Waals surface area contributed by atoms with Gasteiger partial charge >= 0.3 is 0 Å². The van der Waals surface area contributed by atoms with Gasteiger partial charge in [0.05, 0.1) is 16.6 Å². The Kier molecular flexibility index (Phi) is 10.0. The molecule has 0 bridgehead atoms. The van der Waals surface area contributed by atoms with E-state index in [0.29, 0.717) is 24.3 Å². The minimum atomic E-state index is -3.97. The molecule has 0 radical (unpaired) electrons. The van der Waals surface area contributed by atoms with E-state index in [0.717, 1.165) is 29.8 Å². The first-order valence-electron chi connectivity index (χ1n) is 11.8. The summed E-state index contributed by atoms with van der Waals surface area (Å²) in [6.45, 7) is 10.1. The lowest BCUT2D eigenvalue weighted by atomic mass is 9.91. The van der Waals surface area contributed by atoms with Crippen molar-refractivity contribution in [2.75, 3.05) is 18.6 Å². The maximum atomic E-state index is 12.1. The molecule has 2 aliphatic rings. The molecule has 1 aromatic rings. The predicted octanol–water partition coefficient (Wildman–Crippen LogP) is 5.60. The molecule has 1 aliphatic heterocycles. The third-order valence-corrected chi connectivity index (χ3v) is 8.14. The zero-order chi connectivity index (χ0) is 25.5. The number of rotatable bonds is 8. The fraction of sp³-hybridized carbons (Fsp3) is 0.500. The van der Waals surface area contributed by atoms with Crippen LogP contribution in [0.1, 0.15) is 70.8 Å². The highest BCUT2D eigenvalue weighted by Gasteiger charge is 2.35. The Hall–Kier alpha value is -2.03.